The quantitative estimate of drug-likeness (QED) is 0.460. The number of carbonyl (C=O) groups excluding carboxylic acids is 3. The summed E-state index contributed by atoms with van der Waals surface area (Å²) >= 11 is 0. The maximum atomic E-state index is 13.7. The highest BCUT2D eigenvalue weighted by atomic mass is 19.3. The average molecular weight is 475 g/mol. The van der Waals surface area contributed by atoms with Gasteiger partial charge in [0.25, 0.3) is 5.92 Å². The summed E-state index contributed by atoms with van der Waals surface area (Å²) in [5, 5.41) is 9.72. The van der Waals surface area contributed by atoms with E-state index < -0.39 is 30.8 Å². The Morgan fingerprint density at radius 2 is 1.80 bits per heavy atom. The van der Waals surface area contributed by atoms with Crippen LogP contribution < -0.4 is 0 Å². The second-order valence-corrected chi connectivity index (χ2v) is 8.82. The first-order valence-corrected chi connectivity index (χ1v) is 11.2. The summed E-state index contributed by atoms with van der Waals surface area (Å²) in [5.41, 5.74) is 3.69. The van der Waals surface area contributed by atoms with Gasteiger partial charge in [-0.2, -0.15) is 5.26 Å². The number of carbonyl (C=O) groups is 3. The molecule has 0 bridgehead atoms. The van der Waals surface area contributed by atoms with Crippen LogP contribution in [0.5, 0.6) is 0 Å². The highest BCUT2D eigenvalue weighted by Gasteiger charge is 2.47. The third-order valence-electron chi connectivity index (χ3n) is 6.09. The van der Waals surface area contributed by atoms with E-state index in [0.717, 1.165) is 21.6 Å². The van der Waals surface area contributed by atoms with Gasteiger partial charge in [0.1, 0.15) is 11.8 Å². The summed E-state index contributed by atoms with van der Waals surface area (Å²) in [6.45, 7) is 0.740. The van der Waals surface area contributed by atoms with E-state index in [-0.39, 0.29) is 24.4 Å². The molecule has 1 aromatic heterocycles. The monoisotopic (exact) mass is 475 g/mol. The van der Waals surface area contributed by atoms with Gasteiger partial charge < -0.3 is 4.90 Å². The van der Waals surface area contributed by atoms with Crippen molar-refractivity contribution in [3.63, 3.8) is 0 Å². The van der Waals surface area contributed by atoms with Crippen LogP contribution in [0.25, 0.3) is 22.0 Å². The Hall–Kier alpha value is -3.99. The number of likely N-dealkylation sites (tertiary alicyclic amines) is 1. The van der Waals surface area contributed by atoms with Crippen molar-refractivity contribution in [3.05, 3.63) is 65.9 Å². The van der Waals surface area contributed by atoms with Crippen molar-refractivity contribution in [2.45, 2.75) is 44.6 Å². The van der Waals surface area contributed by atoms with E-state index >= 15 is 0 Å². The largest absolute Gasteiger partial charge is 0.320 e. The predicted molar refractivity (Wildman–Crippen MR) is 126 cm³/mol. The van der Waals surface area contributed by atoms with E-state index in [1.807, 2.05) is 36.4 Å². The van der Waals surface area contributed by atoms with E-state index in [2.05, 4.69) is 4.98 Å². The number of pyridine rings is 1. The fourth-order valence-electron chi connectivity index (χ4n) is 4.36. The maximum Gasteiger partial charge on any atom is 0.268 e. The standard InChI is InChI=1S/C27H23F2N3O3/c1-17(33)12-18-2-4-19(5-3-18)20-6-7-24-23(13-20)22(10-11-31-24)25(34)8-9-26(35)32-16-27(28,29)14-21(32)15-30/h2-7,10-11,13,21H,8-9,12,14,16H2,1H3/t21-/m0/s1. The molecule has 1 atom stereocenters. The Kier molecular flexibility index (Phi) is 6.70. The summed E-state index contributed by atoms with van der Waals surface area (Å²) in [6.07, 6.45) is 0.775. The first-order chi connectivity index (χ1) is 16.7. The van der Waals surface area contributed by atoms with Crippen molar-refractivity contribution in [1.82, 2.24) is 9.88 Å². The maximum absolute atomic E-state index is 13.7. The second kappa shape index (κ2) is 9.71. The van der Waals surface area contributed by atoms with Gasteiger partial charge in [-0.25, -0.2) is 8.78 Å². The van der Waals surface area contributed by atoms with Crippen molar-refractivity contribution >= 4 is 28.4 Å². The predicted octanol–water partition coefficient (Wildman–Crippen LogP) is 4.76. The highest BCUT2D eigenvalue weighted by Crippen LogP contribution is 2.32. The minimum atomic E-state index is -3.10. The Balaban J connectivity index is 1.53. The normalized spacial score (nSPS) is 16.7. The van der Waals surface area contributed by atoms with Gasteiger partial charge in [0, 0.05) is 42.8 Å². The molecule has 35 heavy (non-hydrogen) atoms. The number of rotatable bonds is 7. The third-order valence-corrected chi connectivity index (χ3v) is 6.09. The van der Waals surface area contributed by atoms with E-state index in [1.54, 1.807) is 25.1 Å². The summed E-state index contributed by atoms with van der Waals surface area (Å²) in [4.78, 5) is 42.0. The lowest BCUT2D eigenvalue weighted by atomic mass is 9.97. The SMILES string of the molecule is CC(=O)Cc1ccc(-c2ccc3nccc(C(=O)CCC(=O)N4CC(F)(F)C[C@H]4C#N)c3c2)cc1. The molecule has 1 aliphatic rings. The summed E-state index contributed by atoms with van der Waals surface area (Å²) in [7, 11) is 0. The molecule has 1 saturated heterocycles. The van der Waals surface area contributed by atoms with Crippen molar-refractivity contribution in [3.8, 4) is 17.2 Å². The summed E-state index contributed by atoms with van der Waals surface area (Å²) in [6, 6.07) is 15.3. The fraction of sp³-hybridized carbons (Fsp3) is 0.296. The number of hydrogen-bond donors (Lipinski definition) is 0. The zero-order chi connectivity index (χ0) is 25.2. The molecule has 3 aromatic rings. The Bertz CT molecular complexity index is 1350. The minimum absolute atomic E-state index is 0.0813. The van der Waals surface area contributed by atoms with Crippen LogP contribution in [0.3, 0.4) is 0 Å². The van der Waals surface area contributed by atoms with Gasteiger partial charge in [0.2, 0.25) is 5.91 Å². The first kappa shape index (κ1) is 24.1. The number of halogens is 2. The number of fused-ring (bicyclic) bond motifs is 1. The number of hydrogen-bond acceptors (Lipinski definition) is 5. The number of alkyl halides is 2. The second-order valence-electron chi connectivity index (χ2n) is 8.82. The topological polar surface area (TPSA) is 91.1 Å². The highest BCUT2D eigenvalue weighted by molar-refractivity contribution is 6.08. The van der Waals surface area contributed by atoms with Gasteiger partial charge in [-0.15, -0.1) is 0 Å². The van der Waals surface area contributed by atoms with Gasteiger partial charge in [-0.3, -0.25) is 19.4 Å². The number of nitriles is 1. The van der Waals surface area contributed by atoms with E-state index in [0.29, 0.717) is 22.9 Å². The molecule has 0 radical (unpaired) electrons. The summed E-state index contributed by atoms with van der Waals surface area (Å²) < 4.78 is 27.3. The lowest BCUT2D eigenvalue weighted by Crippen LogP contribution is -2.36. The van der Waals surface area contributed by atoms with Crippen molar-refractivity contribution in [1.29, 1.82) is 5.26 Å². The average Bonchev–Trinajstić information content (AvgIpc) is 3.16. The van der Waals surface area contributed by atoms with Gasteiger partial charge in [-0.05, 0) is 41.8 Å². The molecule has 0 N–H and O–H groups in total. The molecule has 1 aliphatic heterocycles. The molecule has 8 heteroatoms. The van der Waals surface area contributed by atoms with Gasteiger partial charge >= 0.3 is 0 Å². The first-order valence-electron chi connectivity index (χ1n) is 11.2. The van der Waals surface area contributed by atoms with Crippen molar-refractivity contribution in [2.75, 3.05) is 6.54 Å². The Labute approximate surface area is 201 Å². The zero-order valence-electron chi connectivity index (χ0n) is 19.1. The molecular weight excluding hydrogens is 452 g/mol. The van der Waals surface area contributed by atoms with Crippen LogP contribution in [0.2, 0.25) is 0 Å². The van der Waals surface area contributed by atoms with Crippen LogP contribution in [-0.2, 0) is 16.0 Å². The van der Waals surface area contributed by atoms with Crippen LogP contribution in [0.1, 0.15) is 42.1 Å². The molecule has 2 aromatic carbocycles. The number of amides is 1. The molecule has 0 spiro atoms. The van der Waals surface area contributed by atoms with Crippen LogP contribution in [-0.4, -0.2) is 45.9 Å². The van der Waals surface area contributed by atoms with Crippen molar-refractivity contribution in [2.24, 2.45) is 0 Å². The molecule has 6 nitrogen and oxygen atoms in total. The van der Waals surface area contributed by atoms with Gasteiger partial charge in [0.05, 0.1) is 18.1 Å². The molecule has 1 amide bonds. The number of aromatic nitrogens is 1. The minimum Gasteiger partial charge on any atom is -0.320 e. The van der Waals surface area contributed by atoms with Crippen LogP contribution in [0.4, 0.5) is 8.78 Å². The lowest BCUT2D eigenvalue weighted by Gasteiger charge is -2.18. The number of ketones is 2. The van der Waals surface area contributed by atoms with Gasteiger partial charge in [0.15, 0.2) is 5.78 Å². The van der Waals surface area contributed by atoms with Crippen LogP contribution >= 0.6 is 0 Å². The summed E-state index contributed by atoms with van der Waals surface area (Å²) in [5.74, 6) is -3.95. The zero-order valence-corrected chi connectivity index (χ0v) is 19.1. The number of nitrogens with zero attached hydrogens (tertiary/aromatic N) is 3. The molecular formula is C27H23F2N3O3. The van der Waals surface area contributed by atoms with Crippen LogP contribution in [0, 0.1) is 11.3 Å². The Morgan fingerprint density at radius 3 is 2.49 bits per heavy atom. The van der Waals surface area contributed by atoms with Crippen LogP contribution in [0.15, 0.2) is 54.7 Å². The third kappa shape index (κ3) is 5.40. The lowest BCUT2D eigenvalue weighted by molar-refractivity contribution is -0.132. The van der Waals surface area contributed by atoms with Gasteiger partial charge in [-0.1, -0.05) is 30.3 Å². The molecule has 0 saturated carbocycles. The number of Topliss-reactive ketones (excluding diaryl/α,β-unsaturated/α-hetero) is 2. The fourth-order valence-corrected chi connectivity index (χ4v) is 4.36. The molecule has 1 fully saturated rings. The van der Waals surface area contributed by atoms with E-state index in [4.69, 9.17) is 5.26 Å². The molecule has 4 rings (SSSR count). The van der Waals surface area contributed by atoms with Crippen molar-refractivity contribution < 1.29 is 23.2 Å². The molecule has 178 valence electrons. The van der Waals surface area contributed by atoms with E-state index in [9.17, 15) is 23.2 Å². The molecule has 2 heterocycles. The Morgan fingerprint density at radius 1 is 1.09 bits per heavy atom. The number of benzene rings is 2. The molecule has 0 unspecified atom stereocenters. The molecule has 0 aliphatic carbocycles. The van der Waals surface area contributed by atoms with E-state index in [1.165, 1.54) is 6.20 Å². The smallest absolute Gasteiger partial charge is 0.268 e.